The van der Waals surface area contributed by atoms with Gasteiger partial charge in [-0.15, -0.1) is 6.54 Å². The van der Waals surface area contributed by atoms with Crippen LogP contribution in [0.15, 0.2) is 24.3 Å². The van der Waals surface area contributed by atoms with E-state index < -0.39 is 35.6 Å². The summed E-state index contributed by atoms with van der Waals surface area (Å²) < 4.78 is 49.2. The molecule has 1 aliphatic heterocycles. The molecule has 12 heteroatoms. The number of amides is 2. The van der Waals surface area contributed by atoms with Crippen molar-refractivity contribution in [2.24, 2.45) is 5.41 Å². The number of halogens is 3. The predicted molar refractivity (Wildman–Crippen MR) is 125 cm³/mol. The number of nitrogens with one attached hydrogen (secondary N) is 3. The first-order valence-corrected chi connectivity index (χ1v) is 11.4. The molecule has 0 bridgehead atoms. The molecule has 204 valence electrons. The Kier molecular flexibility index (Phi) is 12.0. The molecular weight excluding hydrogens is 483 g/mol. The van der Waals surface area contributed by atoms with E-state index in [1.165, 1.54) is 18.2 Å². The van der Waals surface area contributed by atoms with E-state index in [2.05, 4.69) is 10.6 Å². The van der Waals surface area contributed by atoms with Gasteiger partial charge in [-0.2, -0.15) is 13.2 Å². The van der Waals surface area contributed by atoms with Crippen molar-refractivity contribution in [3.8, 4) is 0 Å². The molecule has 0 aliphatic carbocycles. The first-order valence-electron chi connectivity index (χ1n) is 11.4. The van der Waals surface area contributed by atoms with Crippen LogP contribution in [0.1, 0.15) is 51.7 Å². The molecule has 4 N–H and O–H groups in total. The number of aldehydes is 1. The van der Waals surface area contributed by atoms with Gasteiger partial charge in [-0.05, 0) is 31.9 Å². The van der Waals surface area contributed by atoms with Crippen molar-refractivity contribution < 1.29 is 42.1 Å². The molecule has 2 amide bonds. The maximum absolute atomic E-state index is 12.7. The largest absolute Gasteiger partial charge is 0.677 e. The normalized spacial score (nSPS) is 19.3. The standard InChI is InChI=1S/C12H14F3N2O2.C12H21NO4/c13-12(14,15)9-4-2-1-3-8(9)7-17-11(19)10(18)5-6-16;1-11(2)8-16-12(3,4)17-9(11)10(15)13-6-5-7-14/h1-4,10,16,18H,5-7H2,(H,17,19);7,9H,5-6,8H2,1-4H3,(H,13,15)/q-1;/t;9-/m.0/s1. The summed E-state index contributed by atoms with van der Waals surface area (Å²) in [6.45, 7) is 7.78. The number of ether oxygens (including phenoxy) is 2. The second-order valence-corrected chi connectivity index (χ2v) is 9.35. The minimum atomic E-state index is -4.49. The lowest BCUT2D eigenvalue weighted by molar-refractivity contribution is -0.304. The molecule has 1 aromatic rings. The van der Waals surface area contributed by atoms with E-state index in [9.17, 15) is 32.7 Å². The van der Waals surface area contributed by atoms with Crippen molar-refractivity contribution in [2.75, 3.05) is 19.7 Å². The predicted octanol–water partition coefficient (Wildman–Crippen LogP) is 2.99. The van der Waals surface area contributed by atoms with Crippen molar-refractivity contribution in [2.45, 2.75) is 71.3 Å². The van der Waals surface area contributed by atoms with Gasteiger partial charge in [0, 0.05) is 24.9 Å². The summed E-state index contributed by atoms with van der Waals surface area (Å²) in [6.07, 6.45) is -5.36. The average molecular weight is 519 g/mol. The zero-order chi connectivity index (χ0) is 27.6. The van der Waals surface area contributed by atoms with E-state index in [-0.39, 0.29) is 36.4 Å². The highest BCUT2D eigenvalue weighted by Gasteiger charge is 2.45. The molecular formula is C24H35F3N3O6-. The van der Waals surface area contributed by atoms with Crippen LogP contribution in [0, 0.1) is 5.41 Å². The van der Waals surface area contributed by atoms with Gasteiger partial charge in [-0.1, -0.05) is 32.0 Å². The van der Waals surface area contributed by atoms with Crippen LogP contribution in [0.4, 0.5) is 13.2 Å². The number of aliphatic hydroxyl groups excluding tert-OH is 1. The smallest absolute Gasteiger partial charge is 0.416 e. The lowest BCUT2D eigenvalue weighted by Crippen LogP contribution is -2.56. The highest BCUT2D eigenvalue weighted by Crippen LogP contribution is 2.35. The Hall–Kier alpha value is -2.54. The number of alkyl halides is 3. The summed E-state index contributed by atoms with van der Waals surface area (Å²) in [5, 5.41) is 14.2. The third-order valence-electron chi connectivity index (χ3n) is 5.20. The minimum Gasteiger partial charge on any atom is -0.677 e. The molecule has 1 heterocycles. The number of carbonyl (C=O) groups is 3. The van der Waals surface area contributed by atoms with Crippen molar-refractivity contribution in [3.05, 3.63) is 41.1 Å². The Morgan fingerprint density at radius 2 is 1.86 bits per heavy atom. The molecule has 9 nitrogen and oxygen atoms in total. The molecule has 0 saturated carbocycles. The van der Waals surface area contributed by atoms with Gasteiger partial charge >= 0.3 is 6.18 Å². The zero-order valence-corrected chi connectivity index (χ0v) is 20.9. The summed E-state index contributed by atoms with van der Waals surface area (Å²) in [7, 11) is 0. The Balaban J connectivity index is 0.000000362. The molecule has 0 aromatic heterocycles. The fraction of sp³-hybridized carbons (Fsp3) is 0.625. The molecule has 36 heavy (non-hydrogen) atoms. The maximum atomic E-state index is 12.7. The van der Waals surface area contributed by atoms with Gasteiger partial charge in [0.15, 0.2) is 5.79 Å². The quantitative estimate of drug-likeness (QED) is 0.339. The van der Waals surface area contributed by atoms with Gasteiger partial charge in [0.05, 0.1) is 12.2 Å². The number of hydrogen-bond donors (Lipinski definition) is 3. The SMILES string of the molecule is CC1(C)OCC(C)(C)[C@H](C(=O)NCCC=O)O1.[NH-]CCC(O)C(=O)NCc1ccccc1C(F)(F)F. The van der Waals surface area contributed by atoms with Gasteiger partial charge in [-0.25, -0.2) is 0 Å². The van der Waals surface area contributed by atoms with Crippen LogP contribution in [-0.2, 0) is 36.6 Å². The summed E-state index contributed by atoms with van der Waals surface area (Å²) in [5.74, 6) is -1.71. The van der Waals surface area contributed by atoms with Gasteiger partial charge in [0.1, 0.15) is 18.5 Å². The van der Waals surface area contributed by atoms with Crippen LogP contribution in [-0.4, -0.2) is 60.9 Å². The Morgan fingerprint density at radius 3 is 2.44 bits per heavy atom. The van der Waals surface area contributed by atoms with Crippen LogP contribution in [0.3, 0.4) is 0 Å². The molecule has 1 fully saturated rings. The van der Waals surface area contributed by atoms with E-state index in [0.717, 1.165) is 12.4 Å². The van der Waals surface area contributed by atoms with Crippen LogP contribution >= 0.6 is 0 Å². The molecule has 1 aliphatic rings. The fourth-order valence-corrected chi connectivity index (χ4v) is 3.19. The van der Waals surface area contributed by atoms with Crippen molar-refractivity contribution in [3.63, 3.8) is 0 Å². The molecule has 1 saturated heterocycles. The van der Waals surface area contributed by atoms with E-state index in [1.54, 1.807) is 13.8 Å². The number of hydrogen-bond acceptors (Lipinski definition) is 6. The lowest BCUT2D eigenvalue weighted by atomic mass is 9.85. The Morgan fingerprint density at radius 1 is 1.22 bits per heavy atom. The minimum absolute atomic E-state index is 0.0489. The first-order chi connectivity index (χ1) is 16.6. The van der Waals surface area contributed by atoms with E-state index >= 15 is 0 Å². The molecule has 0 spiro atoms. The van der Waals surface area contributed by atoms with E-state index in [4.69, 9.17) is 15.2 Å². The number of benzene rings is 1. The molecule has 1 unspecified atom stereocenters. The van der Waals surface area contributed by atoms with Gasteiger partial charge in [-0.3, -0.25) is 9.59 Å². The number of rotatable bonds is 9. The van der Waals surface area contributed by atoms with E-state index in [0.29, 0.717) is 19.6 Å². The highest BCUT2D eigenvalue weighted by atomic mass is 19.4. The summed E-state index contributed by atoms with van der Waals surface area (Å²) >= 11 is 0. The summed E-state index contributed by atoms with van der Waals surface area (Å²) in [5.41, 5.74) is 5.59. The highest BCUT2D eigenvalue weighted by molar-refractivity contribution is 5.82. The van der Waals surface area contributed by atoms with Gasteiger partial charge in [0.2, 0.25) is 11.8 Å². The third-order valence-corrected chi connectivity index (χ3v) is 5.20. The zero-order valence-electron chi connectivity index (χ0n) is 20.9. The van der Waals surface area contributed by atoms with Crippen molar-refractivity contribution in [1.82, 2.24) is 10.6 Å². The van der Waals surface area contributed by atoms with Crippen molar-refractivity contribution in [1.29, 1.82) is 0 Å². The van der Waals surface area contributed by atoms with Crippen LogP contribution in [0.25, 0.3) is 5.73 Å². The first kappa shape index (κ1) is 31.5. The van der Waals surface area contributed by atoms with E-state index in [1.807, 2.05) is 13.8 Å². The Bertz CT molecular complexity index is 877. The van der Waals surface area contributed by atoms with Crippen molar-refractivity contribution >= 4 is 18.1 Å². The lowest BCUT2D eigenvalue weighted by Gasteiger charge is -2.44. The average Bonchev–Trinajstić information content (AvgIpc) is 2.79. The van der Waals surface area contributed by atoms with Crippen LogP contribution < -0.4 is 10.6 Å². The molecule has 0 radical (unpaired) electrons. The second kappa shape index (κ2) is 13.7. The second-order valence-electron chi connectivity index (χ2n) is 9.35. The number of carbonyl (C=O) groups excluding carboxylic acids is 3. The van der Waals surface area contributed by atoms with Crippen LogP contribution in [0.2, 0.25) is 0 Å². The molecule has 2 atom stereocenters. The summed E-state index contributed by atoms with van der Waals surface area (Å²) in [4.78, 5) is 33.5. The van der Waals surface area contributed by atoms with Gasteiger partial charge in [0.25, 0.3) is 0 Å². The number of aliphatic hydroxyl groups is 1. The maximum Gasteiger partial charge on any atom is 0.416 e. The molecule has 1 aromatic carbocycles. The topological polar surface area (TPSA) is 138 Å². The molecule has 2 rings (SSSR count). The third kappa shape index (κ3) is 10.2. The van der Waals surface area contributed by atoms with Gasteiger partial charge < -0.3 is 35.7 Å². The van der Waals surface area contributed by atoms with Crippen LogP contribution in [0.5, 0.6) is 0 Å². The Labute approximate surface area is 208 Å². The fourth-order valence-electron chi connectivity index (χ4n) is 3.19. The summed E-state index contributed by atoms with van der Waals surface area (Å²) in [6, 6.07) is 4.90. The monoisotopic (exact) mass is 518 g/mol.